The Balaban J connectivity index is 1.80. The van der Waals surface area contributed by atoms with Crippen LogP contribution in [0.1, 0.15) is 26.7 Å². The Hall–Kier alpha value is -0.160. The molecule has 1 rings (SSSR count). The maximum absolute atomic E-state index is 5.63. The highest BCUT2D eigenvalue weighted by molar-refractivity contribution is 4.68. The predicted octanol–water partition coefficient (Wildman–Crippen LogP) is 0.686. The van der Waals surface area contributed by atoms with Crippen molar-refractivity contribution in [2.75, 3.05) is 52.4 Å². The van der Waals surface area contributed by atoms with Crippen LogP contribution in [0.5, 0.6) is 0 Å². The van der Waals surface area contributed by atoms with Gasteiger partial charge in [-0.15, -0.1) is 0 Å². The Morgan fingerprint density at radius 2 is 2.06 bits per heavy atom. The number of ether oxygens (including phenoxy) is 1. The molecule has 0 aliphatic carbocycles. The van der Waals surface area contributed by atoms with Crippen LogP contribution in [0.2, 0.25) is 0 Å². The van der Waals surface area contributed by atoms with Crippen LogP contribution >= 0.6 is 0 Å². The van der Waals surface area contributed by atoms with Gasteiger partial charge in [0.15, 0.2) is 0 Å². The normalized spacial score (nSPS) is 19.4. The van der Waals surface area contributed by atoms with Crippen LogP contribution in [0.3, 0.4) is 0 Å². The lowest BCUT2D eigenvalue weighted by atomic mass is 10.3. The van der Waals surface area contributed by atoms with Gasteiger partial charge in [0.25, 0.3) is 0 Å². The van der Waals surface area contributed by atoms with E-state index in [2.05, 4.69) is 29.4 Å². The summed E-state index contributed by atoms with van der Waals surface area (Å²) in [7, 11) is 0. The monoisotopic (exact) mass is 243 g/mol. The van der Waals surface area contributed by atoms with Crippen LogP contribution in [0.15, 0.2) is 0 Å². The van der Waals surface area contributed by atoms with E-state index < -0.39 is 0 Å². The first-order valence-corrected chi connectivity index (χ1v) is 7.08. The summed E-state index contributed by atoms with van der Waals surface area (Å²) in [6.07, 6.45) is 2.64. The van der Waals surface area contributed by atoms with Crippen molar-refractivity contribution in [2.45, 2.75) is 32.8 Å². The molecule has 102 valence electrons. The van der Waals surface area contributed by atoms with E-state index in [-0.39, 0.29) is 0 Å². The third-order valence-electron chi connectivity index (χ3n) is 3.29. The number of piperazine rings is 1. The Bertz CT molecular complexity index is 172. The smallest absolute Gasteiger partial charge is 0.0544 e. The highest BCUT2D eigenvalue weighted by Gasteiger charge is 2.07. The van der Waals surface area contributed by atoms with Gasteiger partial charge in [-0.2, -0.15) is 0 Å². The second-order valence-corrected chi connectivity index (χ2v) is 4.78. The Morgan fingerprint density at radius 3 is 2.76 bits per heavy atom. The quantitative estimate of drug-likeness (QED) is 0.584. The lowest BCUT2D eigenvalue weighted by Gasteiger charge is -2.27. The third-order valence-corrected chi connectivity index (χ3v) is 3.29. The van der Waals surface area contributed by atoms with E-state index in [0.717, 1.165) is 45.6 Å². The lowest BCUT2D eigenvalue weighted by molar-refractivity contribution is 0.0620. The maximum atomic E-state index is 5.63. The lowest BCUT2D eigenvalue weighted by Crippen LogP contribution is -2.45. The van der Waals surface area contributed by atoms with Crippen molar-refractivity contribution in [2.24, 2.45) is 0 Å². The first-order valence-electron chi connectivity index (χ1n) is 7.08. The van der Waals surface area contributed by atoms with Crippen molar-refractivity contribution >= 4 is 0 Å². The fourth-order valence-corrected chi connectivity index (χ4v) is 1.90. The number of hydrogen-bond acceptors (Lipinski definition) is 4. The molecule has 0 bridgehead atoms. The zero-order valence-corrected chi connectivity index (χ0v) is 11.5. The molecule has 0 aromatic heterocycles. The molecule has 0 spiro atoms. The van der Waals surface area contributed by atoms with E-state index in [1.54, 1.807) is 0 Å². The van der Waals surface area contributed by atoms with Gasteiger partial charge >= 0.3 is 0 Å². The van der Waals surface area contributed by atoms with E-state index in [4.69, 9.17) is 4.74 Å². The molecule has 1 fully saturated rings. The summed E-state index contributed by atoms with van der Waals surface area (Å²) in [4.78, 5) is 2.51. The van der Waals surface area contributed by atoms with Crippen molar-refractivity contribution < 1.29 is 4.74 Å². The molecule has 1 unspecified atom stereocenters. The van der Waals surface area contributed by atoms with Crippen molar-refractivity contribution in [3.8, 4) is 0 Å². The summed E-state index contributed by atoms with van der Waals surface area (Å²) in [5.74, 6) is 0. The molecule has 4 nitrogen and oxygen atoms in total. The molecule has 2 N–H and O–H groups in total. The minimum Gasteiger partial charge on any atom is -0.378 e. The van der Waals surface area contributed by atoms with Gasteiger partial charge in [-0.3, -0.25) is 4.90 Å². The molecule has 0 radical (unpaired) electrons. The van der Waals surface area contributed by atoms with Crippen molar-refractivity contribution in [1.29, 1.82) is 0 Å². The summed E-state index contributed by atoms with van der Waals surface area (Å²) in [5, 5.41) is 6.85. The van der Waals surface area contributed by atoms with E-state index in [0.29, 0.717) is 6.10 Å². The van der Waals surface area contributed by atoms with Crippen LogP contribution in [0.4, 0.5) is 0 Å². The summed E-state index contributed by atoms with van der Waals surface area (Å²) in [5.41, 5.74) is 0. The molecule has 1 atom stereocenters. The largest absolute Gasteiger partial charge is 0.378 e. The van der Waals surface area contributed by atoms with Crippen LogP contribution in [-0.2, 0) is 4.74 Å². The van der Waals surface area contributed by atoms with Crippen LogP contribution in [-0.4, -0.2) is 63.4 Å². The molecule has 1 aliphatic heterocycles. The number of hydrogen-bond donors (Lipinski definition) is 2. The standard InChI is InChI=1S/C13H29N3O/c1-3-13(2)17-12-4-5-14-6-9-16-10-7-15-8-11-16/h13-15H,3-12H2,1-2H3. The van der Waals surface area contributed by atoms with Gasteiger partial charge in [0.1, 0.15) is 0 Å². The van der Waals surface area contributed by atoms with Crippen LogP contribution in [0.25, 0.3) is 0 Å². The zero-order valence-electron chi connectivity index (χ0n) is 11.5. The molecule has 0 amide bonds. The summed E-state index contributed by atoms with van der Waals surface area (Å²) < 4.78 is 5.63. The zero-order chi connectivity index (χ0) is 12.3. The molecule has 1 aliphatic rings. The Kier molecular flexibility index (Phi) is 8.61. The topological polar surface area (TPSA) is 36.5 Å². The minimum absolute atomic E-state index is 0.413. The third kappa shape index (κ3) is 7.71. The van der Waals surface area contributed by atoms with E-state index in [1.807, 2.05) is 0 Å². The van der Waals surface area contributed by atoms with Gasteiger partial charge in [0.05, 0.1) is 6.10 Å². The molecule has 0 aromatic rings. The molecule has 1 heterocycles. The average Bonchev–Trinajstić information content (AvgIpc) is 2.38. The second-order valence-electron chi connectivity index (χ2n) is 4.78. The van der Waals surface area contributed by atoms with E-state index in [1.165, 1.54) is 19.6 Å². The molecule has 1 saturated heterocycles. The molecule has 0 saturated carbocycles. The highest BCUT2D eigenvalue weighted by Crippen LogP contribution is 1.96. The van der Waals surface area contributed by atoms with Crippen LogP contribution in [0, 0.1) is 0 Å². The first kappa shape index (κ1) is 14.9. The molecular weight excluding hydrogens is 214 g/mol. The Labute approximate surface area is 106 Å². The van der Waals surface area contributed by atoms with Gasteiger partial charge < -0.3 is 15.4 Å². The van der Waals surface area contributed by atoms with Gasteiger partial charge in [0.2, 0.25) is 0 Å². The van der Waals surface area contributed by atoms with Crippen molar-refractivity contribution in [1.82, 2.24) is 15.5 Å². The van der Waals surface area contributed by atoms with Gasteiger partial charge in [-0.05, 0) is 26.3 Å². The van der Waals surface area contributed by atoms with Gasteiger partial charge in [0, 0.05) is 45.9 Å². The summed E-state index contributed by atoms with van der Waals surface area (Å²) in [6.45, 7) is 13.2. The average molecular weight is 243 g/mol. The fraction of sp³-hybridized carbons (Fsp3) is 1.00. The minimum atomic E-state index is 0.413. The molecule has 4 heteroatoms. The van der Waals surface area contributed by atoms with E-state index in [9.17, 15) is 0 Å². The van der Waals surface area contributed by atoms with Gasteiger partial charge in [-0.25, -0.2) is 0 Å². The first-order chi connectivity index (χ1) is 8.33. The summed E-state index contributed by atoms with van der Waals surface area (Å²) >= 11 is 0. The van der Waals surface area contributed by atoms with Crippen LogP contribution < -0.4 is 10.6 Å². The number of rotatable bonds is 9. The molecule has 0 aromatic carbocycles. The fourth-order valence-electron chi connectivity index (χ4n) is 1.90. The van der Waals surface area contributed by atoms with Crippen molar-refractivity contribution in [3.63, 3.8) is 0 Å². The number of nitrogens with one attached hydrogen (secondary N) is 2. The van der Waals surface area contributed by atoms with Gasteiger partial charge in [-0.1, -0.05) is 6.92 Å². The summed E-state index contributed by atoms with van der Waals surface area (Å²) in [6, 6.07) is 0. The molecular formula is C13H29N3O. The Morgan fingerprint density at radius 1 is 1.29 bits per heavy atom. The van der Waals surface area contributed by atoms with Crippen molar-refractivity contribution in [3.05, 3.63) is 0 Å². The number of nitrogens with zero attached hydrogens (tertiary/aromatic N) is 1. The van der Waals surface area contributed by atoms with E-state index >= 15 is 0 Å². The molecule has 17 heavy (non-hydrogen) atoms. The second kappa shape index (κ2) is 9.83. The maximum Gasteiger partial charge on any atom is 0.0544 e. The SMILES string of the molecule is CCC(C)OCCCNCCN1CCNCC1. The highest BCUT2D eigenvalue weighted by atomic mass is 16.5. The predicted molar refractivity (Wildman–Crippen MR) is 72.5 cm³/mol.